The van der Waals surface area contributed by atoms with Crippen LogP contribution in [0.1, 0.15) is 10.4 Å². The van der Waals surface area contributed by atoms with Gasteiger partial charge in [-0.05, 0) is 18.2 Å². The Morgan fingerprint density at radius 1 is 1.46 bits per heavy atom. The Bertz CT molecular complexity index is 300. The van der Waals surface area contributed by atoms with Crippen molar-refractivity contribution >= 4 is 14.0 Å². The minimum absolute atomic E-state index is 0.301. The lowest BCUT2D eigenvalue weighted by Crippen LogP contribution is -2.02. The van der Waals surface area contributed by atoms with Crippen molar-refractivity contribution in [1.82, 2.24) is 0 Å². The molecule has 13 heavy (non-hydrogen) atoms. The van der Waals surface area contributed by atoms with Crippen LogP contribution in [0.5, 0.6) is 11.5 Å². The molecule has 0 aliphatic rings. The predicted octanol–water partition coefficient (Wildman–Crippen LogP) is 0.413. The van der Waals surface area contributed by atoms with Crippen LogP contribution in [0.2, 0.25) is 0 Å². The van der Waals surface area contributed by atoms with Gasteiger partial charge in [-0.3, -0.25) is 4.79 Å². The predicted molar refractivity (Wildman–Crippen MR) is 47.0 cm³/mol. The number of methoxy groups -OCH3 is 1. The molecule has 1 aromatic carbocycles. The third kappa shape index (κ3) is 2.22. The van der Waals surface area contributed by atoms with Crippen molar-refractivity contribution in [2.45, 2.75) is 0 Å². The van der Waals surface area contributed by atoms with Crippen LogP contribution in [0.25, 0.3) is 0 Å². The van der Waals surface area contributed by atoms with E-state index >= 15 is 0 Å². The average Bonchev–Trinajstić information content (AvgIpc) is 2.18. The maximum atomic E-state index is 10.4. The summed E-state index contributed by atoms with van der Waals surface area (Å²) in [5.74, 6) is 0.755. The maximum Gasteiger partial charge on any atom is 0.569 e. The number of carbonyl (C=O) groups is 1. The van der Waals surface area contributed by atoms with Crippen LogP contribution in [-0.2, 0) is 0 Å². The van der Waals surface area contributed by atoms with Gasteiger partial charge in [0.05, 0.1) is 7.11 Å². The summed E-state index contributed by atoms with van der Waals surface area (Å²) in [5.41, 5.74) is 0.456. The molecule has 0 spiro atoms. The number of hydrogen-bond acceptors (Lipinski definition) is 4. The minimum Gasteiger partial charge on any atom is -0.535 e. The van der Waals surface area contributed by atoms with Crippen molar-refractivity contribution in [2.75, 3.05) is 7.11 Å². The zero-order valence-corrected chi connectivity index (χ0v) is 7.06. The van der Waals surface area contributed by atoms with E-state index in [0.717, 1.165) is 0 Å². The van der Waals surface area contributed by atoms with Crippen LogP contribution in [0.3, 0.4) is 0 Å². The molecule has 0 unspecified atom stereocenters. The summed E-state index contributed by atoms with van der Waals surface area (Å²) in [4.78, 5) is 10.4. The second kappa shape index (κ2) is 4.52. The van der Waals surface area contributed by atoms with Gasteiger partial charge in [0.15, 0.2) is 5.75 Å². The highest BCUT2D eigenvalue weighted by atomic mass is 16.5. The Hall–Kier alpha value is -1.49. The molecule has 0 saturated carbocycles. The Morgan fingerprint density at radius 2 is 2.23 bits per heavy atom. The summed E-state index contributed by atoms with van der Waals surface area (Å²) in [5, 5.41) is 8.41. The summed E-state index contributed by atoms with van der Waals surface area (Å²) in [6, 6.07) is 4.65. The molecule has 0 aromatic heterocycles. The highest BCUT2D eigenvalue weighted by Gasteiger charge is 2.05. The molecule has 0 amide bonds. The summed E-state index contributed by atoms with van der Waals surface area (Å²) in [7, 11) is 2.01. The smallest absolute Gasteiger partial charge is 0.535 e. The highest BCUT2D eigenvalue weighted by molar-refractivity contribution is 6.17. The Balaban J connectivity index is 3.02. The van der Waals surface area contributed by atoms with Crippen molar-refractivity contribution in [1.29, 1.82) is 0 Å². The van der Waals surface area contributed by atoms with E-state index in [1.807, 2.05) is 0 Å². The number of ether oxygens (including phenoxy) is 1. The molecule has 67 valence electrons. The number of rotatable bonds is 4. The molecule has 0 saturated heterocycles. The van der Waals surface area contributed by atoms with Crippen LogP contribution >= 0.6 is 0 Å². The van der Waals surface area contributed by atoms with Crippen LogP contribution in [0.15, 0.2) is 18.2 Å². The van der Waals surface area contributed by atoms with E-state index in [1.165, 1.54) is 13.2 Å². The molecule has 0 atom stereocenters. The fourth-order valence-corrected chi connectivity index (χ4v) is 0.915. The average molecular weight is 179 g/mol. The second-order valence-corrected chi connectivity index (χ2v) is 2.25. The van der Waals surface area contributed by atoms with E-state index in [0.29, 0.717) is 31.0 Å². The van der Waals surface area contributed by atoms with Crippen LogP contribution < -0.4 is 9.39 Å². The molecule has 0 bridgehead atoms. The molecular formula is C8H8BO4. The van der Waals surface area contributed by atoms with E-state index in [4.69, 9.17) is 14.4 Å². The SMILES string of the molecule is COc1ccc(C=O)cc1O[B]O. The molecule has 1 N–H and O–H groups in total. The van der Waals surface area contributed by atoms with Crippen LogP contribution in [-0.4, -0.2) is 26.1 Å². The monoisotopic (exact) mass is 179 g/mol. The first-order valence-electron chi connectivity index (χ1n) is 3.57. The van der Waals surface area contributed by atoms with Gasteiger partial charge in [-0.15, -0.1) is 0 Å². The lowest BCUT2D eigenvalue weighted by Gasteiger charge is -2.07. The molecule has 1 aromatic rings. The van der Waals surface area contributed by atoms with Gasteiger partial charge in [-0.2, -0.15) is 0 Å². The summed E-state index contributed by atoms with van der Waals surface area (Å²) in [6.07, 6.45) is 0.684. The fraction of sp³-hybridized carbons (Fsp3) is 0.125. The highest BCUT2D eigenvalue weighted by Crippen LogP contribution is 2.26. The van der Waals surface area contributed by atoms with Gasteiger partial charge in [-0.25, -0.2) is 0 Å². The van der Waals surface area contributed by atoms with Crippen LogP contribution in [0.4, 0.5) is 0 Å². The summed E-state index contributed by atoms with van der Waals surface area (Å²) in [6.45, 7) is 0. The Labute approximate surface area is 76.4 Å². The minimum atomic E-state index is 0.301. The van der Waals surface area contributed by atoms with Crippen molar-refractivity contribution in [2.24, 2.45) is 0 Å². The van der Waals surface area contributed by atoms with Gasteiger partial charge < -0.3 is 14.4 Å². The quantitative estimate of drug-likeness (QED) is 0.537. The van der Waals surface area contributed by atoms with Crippen molar-refractivity contribution in [3.63, 3.8) is 0 Å². The van der Waals surface area contributed by atoms with Crippen molar-refractivity contribution < 1.29 is 19.2 Å². The molecule has 1 radical (unpaired) electrons. The van der Waals surface area contributed by atoms with E-state index in [2.05, 4.69) is 0 Å². The third-order valence-corrected chi connectivity index (χ3v) is 1.50. The second-order valence-electron chi connectivity index (χ2n) is 2.25. The lowest BCUT2D eigenvalue weighted by atomic mass is 10.2. The van der Waals surface area contributed by atoms with Crippen LogP contribution in [0, 0.1) is 0 Å². The summed E-state index contributed by atoms with van der Waals surface area (Å²) >= 11 is 0. The Morgan fingerprint density at radius 3 is 2.77 bits per heavy atom. The normalized spacial score (nSPS) is 9.08. The fourth-order valence-electron chi connectivity index (χ4n) is 0.915. The molecular weight excluding hydrogens is 171 g/mol. The molecule has 4 nitrogen and oxygen atoms in total. The van der Waals surface area contributed by atoms with Crippen molar-refractivity contribution in [3.8, 4) is 11.5 Å². The van der Waals surface area contributed by atoms with Gasteiger partial charge >= 0.3 is 7.69 Å². The first-order valence-corrected chi connectivity index (χ1v) is 3.57. The topological polar surface area (TPSA) is 55.8 Å². The van der Waals surface area contributed by atoms with Crippen molar-refractivity contribution in [3.05, 3.63) is 23.8 Å². The van der Waals surface area contributed by atoms with Gasteiger partial charge in [0.1, 0.15) is 12.0 Å². The van der Waals surface area contributed by atoms with Gasteiger partial charge in [-0.1, -0.05) is 0 Å². The Kier molecular flexibility index (Phi) is 3.34. The number of benzene rings is 1. The first-order chi connectivity index (χ1) is 6.31. The molecule has 0 aliphatic heterocycles. The lowest BCUT2D eigenvalue weighted by molar-refractivity contribution is 0.112. The number of aldehydes is 1. The molecule has 5 heteroatoms. The number of carbonyl (C=O) groups excluding carboxylic acids is 1. The van der Waals surface area contributed by atoms with Gasteiger partial charge in [0.25, 0.3) is 0 Å². The van der Waals surface area contributed by atoms with Gasteiger partial charge in [0, 0.05) is 5.56 Å². The zero-order chi connectivity index (χ0) is 9.68. The van der Waals surface area contributed by atoms with E-state index in [1.54, 1.807) is 12.1 Å². The van der Waals surface area contributed by atoms with E-state index in [9.17, 15) is 4.79 Å². The summed E-state index contributed by atoms with van der Waals surface area (Å²) < 4.78 is 9.64. The molecule has 0 heterocycles. The number of hydrogen-bond donors (Lipinski definition) is 1. The third-order valence-electron chi connectivity index (χ3n) is 1.50. The zero-order valence-electron chi connectivity index (χ0n) is 7.06. The van der Waals surface area contributed by atoms with Gasteiger partial charge in [0.2, 0.25) is 0 Å². The van der Waals surface area contributed by atoms with E-state index < -0.39 is 0 Å². The first kappa shape index (κ1) is 9.60. The maximum absolute atomic E-state index is 10.4. The molecule has 0 fully saturated rings. The standard InChI is InChI=1S/C8H8BO4/c1-12-7-3-2-6(5-10)4-8(7)13-9-11/h2-5,11H,1H3. The van der Waals surface area contributed by atoms with E-state index in [-0.39, 0.29) is 0 Å². The molecule has 0 aliphatic carbocycles. The molecule has 1 rings (SSSR count). The largest absolute Gasteiger partial charge is 0.569 e.